The summed E-state index contributed by atoms with van der Waals surface area (Å²) in [5.41, 5.74) is 0.919. The standard InChI is InChI=1S/C33H49NO8.C30H43NO7/c1-12-34(30(37)42-31(5,6)7)24-18-23(27-26(19-24)39-33(10,11)41-29(27)36)14-13-15-25-28(40-32(8,9)38-25)21(3)17-16-20(2)22(4)35;1-10-31(28(34)38-29(5,6)7)22-16-21-12-11-13-24-26(37-30(8,9)36-24)19(3)15-14-18(2)20(4)35-27(33)25(21)23(32)17-22/h13-14,16-22,25,28,35H,12,15H2,1-11H3;11-12,14-20,24,26,32H,10,13H2,1-9H3/b14-13+,17-16-;12-11+,15-14-/t20-,21?,22+,25+,28-;18-,19?,20+,24+,26-/m11/s1. The molecule has 6 rings (SSSR count). The van der Waals surface area contributed by atoms with Gasteiger partial charge >= 0.3 is 24.1 Å². The van der Waals surface area contributed by atoms with E-state index in [-0.39, 0.29) is 59.4 Å². The van der Waals surface area contributed by atoms with E-state index >= 15 is 0 Å². The fourth-order valence-electron chi connectivity index (χ4n) is 9.59. The van der Waals surface area contributed by atoms with E-state index in [2.05, 4.69) is 26.0 Å². The number of carbonyl (C=O) groups is 4. The number of phenols is 1. The van der Waals surface area contributed by atoms with Gasteiger partial charge in [-0.25, -0.2) is 19.2 Å². The van der Waals surface area contributed by atoms with E-state index < -0.39 is 64.9 Å². The minimum Gasteiger partial charge on any atom is -0.507 e. The topological polar surface area (TPSA) is 198 Å². The van der Waals surface area contributed by atoms with Crippen LogP contribution in [0.25, 0.3) is 12.2 Å². The summed E-state index contributed by atoms with van der Waals surface area (Å²) in [6.45, 7) is 37.8. The fourth-order valence-corrected chi connectivity index (χ4v) is 9.59. The Kier molecular flexibility index (Phi) is 21.2. The zero-order valence-electron chi connectivity index (χ0n) is 51.1. The molecule has 4 aliphatic heterocycles. The number of ether oxygens (including phenoxy) is 9. The van der Waals surface area contributed by atoms with Gasteiger partial charge < -0.3 is 52.8 Å². The van der Waals surface area contributed by atoms with Crippen LogP contribution in [0.3, 0.4) is 0 Å². The molecule has 80 heavy (non-hydrogen) atoms. The summed E-state index contributed by atoms with van der Waals surface area (Å²) in [5.74, 6) is -3.62. The van der Waals surface area contributed by atoms with E-state index in [9.17, 15) is 29.4 Å². The lowest BCUT2D eigenvalue weighted by atomic mass is 9.94. The highest BCUT2D eigenvalue weighted by molar-refractivity contribution is 6.00. The Hall–Kier alpha value is -5.72. The van der Waals surface area contributed by atoms with Gasteiger partial charge in [-0.15, -0.1) is 0 Å². The molecule has 4 aliphatic rings. The zero-order valence-corrected chi connectivity index (χ0v) is 51.1. The summed E-state index contributed by atoms with van der Waals surface area (Å²) in [6, 6.07) is 6.53. The molecule has 0 spiro atoms. The molecule has 2 saturated heterocycles. The average Bonchev–Trinajstić information content (AvgIpc) is 3.83. The van der Waals surface area contributed by atoms with Crippen LogP contribution in [0.1, 0.15) is 183 Å². The normalized spacial score (nSPS) is 26.3. The van der Waals surface area contributed by atoms with Gasteiger partial charge in [-0.3, -0.25) is 9.80 Å². The van der Waals surface area contributed by atoms with Gasteiger partial charge in [0.1, 0.15) is 39.9 Å². The number of cyclic esters (lactones) is 2. The van der Waals surface area contributed by atoms with E-state index in [0.29, 0.717) is 59.7 Å². The largest absolute Gasteiger partial charge is 0.507 e. The third-order valence-electron chi connectivity index (χ3n) is 13.9. The first kappa shape index (κ1) is 65.1. The van der Waals surface area contributed by atoms with Crippen molar-refractivity contribution in [2.45, 2.75) is 217 Å². The summed E-state index contributed by atoms with van der Waals surface area (Å²) in [5, 5.41) is 20.9. The van der Waals surface area contributed by atoms with Crippen molar-refractivity contribution in [3.05, 3.63) is 83.0 Å². The maximum atomic E-state index is 13.3. The Bertz CT molecular complexity index is 2630. The molecule has 2 fully saturated rings. The van der Waals surface area contributed by atoms with Gasteiger partial charge in [0, 0.05) is 56.8 Å². The molecule has 444 valence electrons. The van der Waals surface area contributed by atoms with Crippen LogP contribution >= 0.6 is 0 Å². The molecule has 2 aromatic rings. The highest BCUT2D eigenvalue weighted by Crippen LogP contribution is 2.41. The van der Waals surface area contributed by atoms with E-state index in [4.69, 9.17) is 42.6 Å². The van der Waals surface area contributed by atoms with E-state index in [1.54, 1.807) is 65.8 Å². The number of phenolic OH excluding ortho intramolecular Hbond substituents is 1. The maximum absolute atomic E-state index is 13.3. The first-order chi connectivity index (χ1) is 36.9. The van der Waals surface area contributed by atoms with Gasteiger partial charge in [-0.1, -0.05) is 76.3 Å². The van der Waals surface area contributed by atoms with Crippen LogP contribution < -0.4 is 14.5 Å². The summed E-state index contributed by atoms with van der Waals surface area (Å²) in [4.78, 5) is 55.2. The lowest BCUT2D eigenvalue weighted by Gasteiger charge is -2.33. The number of benzene rings is 2. The molecule has 0 saturated carbocycles. The van der Waals surface area contributed by atoms with Gasteiger partial charge in [-0.05, 0) is 139 Å². The Balaban J connectivity index is 0.000000295. The highest BCUT2D eigenvalue weighted by atomic mass is 16.8. The van der Waals surface area contributed by atoms with Crippen molar-refractivity contribution in [3.8, 4) is 11.5 Å². The van der Waals surface area contributed by atoms with Crippen molar-refractivity contribution in [3.63, 3.8) is 0 Å². The highest BCUT2D eigenvalue weighted by Gasteiger charge is 2.44. The monoisotopic (exact) mass is 1120 g/mol. The van der Waals surface area contributed by atoms with Crippen LogP contribution in [0.4, 0.5) is 21.0 Å². The quantitative estimate of drug-likeness (QED) is 0.122. The minimum absolute atomic E-state index is 0.0231. The zero-order chi connectivity index (χ0) is 60.0. The van der Waals surface area contributed by atoms with Crippen LogP contribution in [0, 0.1) is 23.7 Å². The predicted molar refractivity (Wildman–Crippen MR) is 310 cm³/mol. The Morgan fingerprint density at radius 2 is 1.31 bits per heavy atom. The molecular weight excluding hydrogens is 1020 g/mol. The molecule has 0 aromatic heterocycles. The molecule has 2 N–H and O–H groups in total. The van der Waals surface area contributed by atoms with Gasteiger partial charge in [0.05, 0.1) is 41.9 Å². The van der Waals surface area contributed by atoms with Crippen LogP contribution in [0.2, 0.25) is 0 Å². The van der Waals surface area contributed by atoms with Crippen LogP contribution in [-0.2, 0) is 37.9 Å². The molecule has 17 heteroatoms. The molecule has 0 aliphatic carbocycles. The number of hydrogen-bond acceptors (Lipinski definition) is 15. The number of nitrogens with zero attached hydrogens (tertiary/aromatic N) is 2. The summed E-state index contributed by atoms with van der Waals surface area (Å²) >= 11 is 0. The number of rotatable bonds is 11. The molecule has 0 bridgehead atoms. The second kappa shape index (κ2) is 26.0. The molecule has 0 radical (unpaired) electrons. The minimum atomic E-state index is -1.16. The first-order valence-electron chi connectivity index (χ1n) is 28.2. The van der Waals surface area contributed by atoms with Gasteiger partial charge in [0.25, 0.3) is 0 Å². The second-order valence-electron chi connectivity index (χ2n) is 24.8. The van der Waals surface area contributed by atoms with Crippen LogP contribution in [0.15, 0.2) is 60.7 Å². The maximum Gasteiger partial charge on any atom is 0.414 e. The third-order valence-corrected chi connectivity index (χ3v) is 13.9. The van der Waals surface area contributed by atoms with Crippen LogP contribution in [0.5, 0.6) is 11.5 Å². The predicted octanol–water partition coefficient (Wildman–Crippen LogP) is 13.3. The van der Waals surface area contributed by atoms with E-state index in [1.807, 2.05) is 113 Å². The van der Waals surface area contributed by atoms with Crippen molar-refractivity contribution in [2.24, 2.45) is 23.7 Å². The van der Waals surface area contributed by atoms with Gasteiger partial charge in [0.2, 0.25) is 5.79 Å². The lowest BCUT2D eigenvalue weighted by molar-refractivity contribution is -0.148. The summed E-state index contributed by atoms with van der Waals surface area (Å²) < 4.78 is 53.5. The molecule has 4 heterocycles. The average molecular weight is 1120 g/mol. The lowest BCUT2D eigenvalue weighted by Crippen LogP contribution is -2.40. The number of esters is 2. The Morgan fingerprint density at radius 3 is 1.89 bits per heavy atom. The SMILES string of the molecule is CCN(C(=O)OC(C)(C)C)c1cc(/C=C/C[C@@H]2OC(C)(C)O[C@@H]2C(C)/C=C\[C@@H](C)[C@H](C)O)c2c(c1)OC(C)(C)OC2=O.CCN(C(=O)OC(C)(C)C)c1cc(O)c2c(c1)/C=C/C[C@@H]1OC(C)(C)O[C@@H]1C(C)/C=C\[C@@H](C)[C@H](C)OC2=O. The molecule has 2 amide bonds. The summed E-state index contributed by atoms with van der Waals surface area (Å²) in [6.07, 6.45) is 13.9. The second-order valence-corrected chi connectivity index (χ2v) is 24.8. The van der Waals surface area contributed by atoms with Crippen molar-refractivity contribution < 1.29 is 72.0 Å². The molecule has 17 nitrogen and oxygen atoms in total. The summed E-state index contributed by atoms with van der Waals surface area (Å²) in [7, 11) is 0. The fraction of sp³-hybridized carbons (Fsp3) is 0.619. The third kappa shape index (κ3) is 17.6. The molecular formula is C63H92N2O15. The molecule has 2 unspecified atom stereocenters. The van der Waals surface area contributed by atoms with Gasteiger partial charge in [0.15, 0.2) is 11.6 Å². The van der Waals surface area contributed by atoms with Crippen LogP contribution in [-0.4, -0.2) is 113 Å². The smallest absolute Gasteiger partial charge is 0.414 e. The van der Waals surface area contributed by atoms with Crippen molar-refractivity contribution in [2.75, 3.05) is 22.9 Å². The number of carbonyl (C=O) groups excluding carboxylic acids is 4. The number of aromatic hydroxyl groups is 1. The van der Waals surface area contributed by atoms with E-state index in [1.165, 1.54) is 15.9 Å². The number of anilines is 2. The first-order valence-corrected chi connectivity index (χ1v) is 28.2. The number of amides is 2. The van der Waals surface area contributed by atoms with Crippen molar-refractivity contribution in [1.29, 1.82) is 0 Å². The van der Waals surface area contributed by atoms with Crippen molar-refractivity contribution in [1.82, 2.24) is 0 Å². The van der Waals surface area contributed by atoms with E-state index in [0.717, 1.165) is 0 Å². The Labute approximate surface area is 475 Å². The molecule has 2 aromatic carbocycles. The number of hydrogen-bond donors (Lipinski definition) is 2. The number of fused-ring (bicyclic) bond motifs is 3. The van der Waals surface area contributed by atoms with Crippen molar-refractivity contribution >= 4 is 47.7 Å². The number of aliphatic hydroxyl groups is 1. The van der Waals surface area contributed by atoms with Gasteiger partial charge in [-0.2, -0.15) is 0 Å². The molecule has 10 atom stereocenters. The Morgan fingerprint density at radius 1 is 0.738 bits per heavy atom. The number of aliphatic hydroxyl groups excluding tert-OH is 1.